The van der Waals surface area contributed by atoms with Crippen molar-refractivity contribution in [1.29, 1.82) is 0 Å². The van der Waals surface area contributed by atoms with E-state index in [0.717, 1.165) is 12.3 Å². The molecule has 0 amide bonds. The van der Waals surface area contributed by atoms with E-state index in [1.54, 1.807) is 24.3 Å². The van der Waals surface area contributed by atoms with Gasteiger partial charge in [0, 0.05) is 11.8 Å². The molecule has 2 aromatic carbocycles. The van der Waals surface area contributed by atoms with Crippen molar-refractivity contribution < 1.29 is 27.0 Å². The molecule has 160 valence electrons. The minimum atomic E-state index is -4.63. The lowest BCUT2D eigenvalue weighted by molar-refractivity contribution is -0.138. The van der Waals surface area contributed by atoms with Crippen molar-refractivity contribution in [3.8, 4) is 16.9 Å². The molecule has 0 bridgehead atoms. The quantitative estimate of drug-likeness (QED) is 0.618. The number of methoxy groups -OCH3 is 1. The van der Waals surface area contributed by atoms with E-state index in [1.807, 2.05) is 0 Å². The number of amidine groups is 1. The number of ether oxygens (including phenoxy) is 2. The van der Waals surface area contributed by atoms with Gasteiger partial charge in [0.05, 0.1) is 18.9 Å². The molecule has 0 saturated heterocycles. The van der Waals surface area contributed by atoms with Gasteiger partial charge >= 0.3 is 6.18 Å². The molecule has 0 radical (unpaired) electrons. The van der Waals surface area contributed by atoms with Crippen molar-refractivity contribution in [2.24, 2.45) is 10.7 Å². The Hall–Kier alpha value is -3.62. The maximum absolute atomic E-state index is 13.6. The highest BCUT2D eigenvalue weighted by atomic mass is 19.4. The third-order valence-electron chi connectivity index (χ3n) is 5.09. The molecule has 1 aromatic heterocycles. The van der Waals surface area contributed by atoms with Crippen LogP contribution in [0.25, 0.3) is 11.1 Å². The summed E-state index contributed by atoms with van der Waals surface area (Å²) < 4.78 is 64.7. The second-order valence-corrected chi connectivity index (χ2v) is 6.98. The second kappa shape index (κ2) is 7.57. The Morgan fingerprint density at radius 1 is 1.03 bits per heavy atom. The fourth-order valence-corrected chi connectivity index (χ4v) is 3.61. The summed E-state index contributed by atoms with van der Waals surface area (Å²) >= 11 is 0. The van der Waals surface area contributed by atoms with Crippen molar-refractivity contribution in [3.05, 3.63) is 83.4 Å². The molecular formula is C22H17F4N3O2. The van der Waals surface area contributed by atoms with Crippen molar-refractivity contribution in [2.45, 2.75) is 11.7 Å². The molecule has 0 saturated carbocycles. The van der Waals surface area contributed by atoms with Crippen LogP contribution in [-0.4, -0.2) is 24.7 Å². The van der Waals surface area contributed by atoms with E-state index >= 15 is 0 Å². The van der Waals surface area contributed by atoms with E-state index in [1.165, 1.54) is 31.5 Å². The predicted molar refractivity (Wildman–Crippen MR) is 106 cm³/mol. The lowest BCUT2D eigenvalue weighted by Gasteiger charge is -2.27. The van der Waals surface area contributed by atoms with Crippen LogP contribution in [0.2, 0.25) is 0 Å². The van der Waals surface area contributed by atoms with Gasteiger partial charge in [-0.2, -0.15) is 13.2 Å². The van der Waals surface area contributed by atoms with E-state index in [9.17, 15) is 17.6 Å². The minimum absolute atomic E-state index is 0.0900. The maximum Gasteiger partial charge on any atom is 0.419 e. The SMILES string of the molecule is COc1ccc(C2(c3cccc(-c4cncc(F)c4)c3)COC(N)=N2)cc1C(F)(F)F. The highest BCUT2D eigenvalue weighted by molar-refractivity contribution is 5.76. The molecule has 1 atom stereocenters. The molecule has 4 rings (SSSR count). The average molecular weight is 431 g/mol. The number of aromatic nitrogens is 1. The molecule has 2 heterocycles. The maximum atomic E-state index is 13.6. The Labute approximate surface area is 175 Å². The molecule has 1 unspecified atom stereocenters. The first-order valence-corrected chi connectivity index (χ1v) is 9.18. The molecule has 0 spiro atoms. The van der Waals surface area contributed by atoms with Gasteiger partial charge in [0.2, 0.25) is 0 Å². The summed E-state index contributed by atoms with van der Waals surface area (Å²) in [4.78, 5) is 8.21. The van der Waals surface area contributed by atoms with Crippen LogP contribution in [0, 0.1) is 5.82 Å². The Morgan fingerprint density at radius 3 is 2.45 bits per heavy atom. The third-order valence-corrected chi connectivity index (χ3v) is 5.09. The Kier molecular flexibility index (Phi) is 5.04. The number of alkyl halides is 3. The molecule has 9 heteroatoms. The van der Waals surface area contributed by atoms with Gasteiger partial charge in [-0.15, -0.1) is 0 Å². The van der Waals surface area contributed by atoms with E-state index in [2.05, 4.69) is 9.98 Å². The van der Waals surface area contributed by atoms with Gasteiger partial charge in [-0.3, -0.25) is 4.98 Å². The lowest BCUT2D eigenvalue weighted by Crippen LogP contribution is -2.28. The lowest BCUT2D eigenvalue weighted by atomic mass is 9.82. The topological polar surface area (TPSA) is 69.7 Å². The largest absolute Gasteiger partial charge is 0.496 e. The Balaban J connectivity index is 1.89. The van der Waals surface area contributed by atoms with Crippen LogP contribution in [0.4, 0.5) is 17.6 Å². The number of nitrogens with two attached hydrogens (primary N) is 1. The van der Waals surface area contributed by atoms with E-state index < -0.39 is 23.1 Å². The van der Waals surface area contributed by atoms with Crippen LogP contribution in [-0.2, 0) is 16.5 Å². The van der Waals surface area contributed by atoms with E-state index in [4.69, 9.17) is 15.2 Å². The van der Waals surface area contributed by atoms with Gasteiger partial charge in [-0.05, 0) is 41.0 Å². The summed E-state index contributed by atoms with van der Waals surface area (Å²) in [5, 5.41) is 0. The zero-order valence-corrected chi connectivity index (χ0v) is 16.3. The van der Waals surface area contributed by atoms with Gasteiger partial charge < -0.3 is 15.2 Å². The van der Waals surface area contributed by atoms with Crippen LogP contribution in [0.1, 0.15) is 16.7 Å². The minimum Gasteiger partial charge on any atom is -0.496 e. The molecule has 0 aliphatic carbocycles. The molecular weight excluding hydrogens is 414 g/mol. The van der Waals surface area contributed by atoms with E-state index in [-0.39, 0.29) is 23.9 Å². The number of hydrogen-bond acceptors (Lipinski definition) is 5. The highest BCUT2D eigenvalue weighted by Gasteiger charge is 2.43. The summed E-state index contributed by atoms with van der Waals surface area (Å²) in [5.74, 6) is -0.809. The van der Waals surface area contributed by atoms with Crippen LogP contribution < -0.4 is 10.5 Å². The van der Waals surface area contributed by atoms with Crippen LogP contribution in [0.5, 0.6) is 5.75 Å². The number of hydrogen-bond donors (Lipinski definition) is 1. The normalized spacial score (nSPS) is 18.4. The number of nitrogens with zero attached hydrogens (tertiary/aromatic N) is 2. The fraction of sp³-hybridized carbons (Fsp3) is 0.182. The molecule has 31 heavy (non-hydrogen) atoms. The van der Waals surface area contributed by atoms with Gasteiger partial charge in [0.25, 0.3) is 6.02 Å². The number of rotatable bonds is 4. The zero-order valence-electron chi connectivity index (χ0n) is 16.3. The molecule has 2 N–H and O–H groups in total. The van der Waals surface area contributed by atoms with Gasteiger partial charge in [0.1, 0.15) is 18.2 Å². The smallest absolute Gasteiger partial charge is 0.419 e. The van der Waals surface area contributed by atoms with Crippen molar-refractivity contribution in [2.75, 3.05) is 13.7 Å². The fourth-order valence-electron chi connectivity index (χ4n) is 3.61. The summed E-state index contributed by atoms with van der Waals surface area (Å²) in [6.45, 7) is -0.0900. The molecule has 5 nitrogen and oxygen atoms in total. The first-order chi connectivity index (χ1) is 14.7. The first-order valence-electron chi connectivity index (χ1n) is 9.18. The third kappa shape index (κ3) is 3.78. The first kappa shape index (κ1) is 20.6. The van der Waals surface area contributed by atoms with Crippen LogP contribution in [0.3, 0.4) is 0 Å². The molecule has 3 aromatic rings. The molecule has 1 aliphatic rings. The molecule has 0 fully saturated rings. The number of pyridine rings is 1. The summed E-state index contributed by atoms with van der Waals surface area (Å²) in [5.41, 5.74) is 5.41. The number of halogens is 4. The zero-order chi connectivity index (χ0) is 22.2. The summed E-state index contributed by atoms with van der Waals surface area (Å²) in [7, 11) is 1.17. The van der Waals surface area contributed by atoms with Gasteiger partial charge in [0.15, 0.2) is 5.54 Å². The second-order valence-electron chi connectivity index (χ2n) is 6.98. The summed E-state index contributed by atoms with van der Waals surface area (Å²) in [6.07, 6.45) is -2.06. The van der Waals surface area contributed by atoms with Crippen molar-refractivity contribution in [3.63, 3.8) is 0 Å². The number of benzene rings is 2. The Morgan fingerprint density at radius 2 is 1.81 bits per heavy atom. The van der Waals surface area contributed by atoms with Gasteiger partial charge in [-0.1, -0.05) is 24.3 Å². The van der Waals surface area contributed by atoms with Crippen LogP contribution in [0.15, 0.2) is 65.9 Å². The predicted octanol–water partition coefficient (Wildman–Crippen LogP) is 4.50. The highest BCUT2D eigenvalue weighted by Crippen LogP contribution is 2.43. The number of aliphatic imine (C=N–C) groups is 1. The van der Waals surface area contributed by atoms with Crippen molar-refractivity contribution in [1.82, 2.24) is 4.98 Å². The van der Waals surface area contributed by atoms with Crippen LogP contribution >= 0.6 is 0 Å². The summed E-state index contributed by atoms with van der Waals surface area (Å²) in [6, 6.07) is 11.8. The van der Waals surface area contributed by atoms with E-state index in [0.29, 0.717) is 16.7 Å². The monoisotopic (exact) mass is 431 g/mol. The van der Waals surface area contributed by atoms with Crippen molar-refractivity contribution >= 4 is 6.02 Å². The molecule has 1 aliphatic heterocycles. The standard InChI is InChI=1S/C22H17F4N3O2/c1-30-19-6-5-16(9-18(19)22(24,25)26)21(12-31-20(27)29-21)15-4-2-3-13(7-15)14-8-17(23)11-28-10-14/h2-11H,12H2,1H3,(H2,27,29). The van der Waals surface area contributed by atoms with Gasteiger partial charge in [-0.25, -0.2) is 9.38 Å². The Bertz CT molecular complexity index is 1160. The average Bonchev–Trinajstić information content (AvgIpc) is 3.15.